The van der Waals surface area contributed by atoms with Gasteiger partial charge in [-0.25, -0.2) is 4.79 Å². The third-order valence-corrected chi connectivity index (χ3v) is 4.46. The summed E-state index contributed by atoms with van der Waals surface area (Å²) in [7, 11) is 0. The molecule has 1 aliphatic carbocycles. The molecule has 0 atom stereocenters. The van der Waals surface area contributed by atoms with Gasteiger partial charge in [0.25, 0.3) is 0 Å². The molecule has 4 rings (SSSR count). The van der Waals surface area contributed by atoms with Crippen LogP contribution in [0, 0.1) is 0 Å². The van der Waals surface area contributed by atoms with E-state index in [1.165, 1.54) is 11.1 Å². The van der Waals surface area contributed by atoms with Crippen LogP contribution >= 0.6 is 0 Å². The molecule has 0 spiro atoms. The first-order valence-corrected chi connectivity index (χ1v) is 8.39. The SMILES string of the molecule is CC(C)(C)OC(=O)c1c2c(n3ccccc13)-c1ccccc1CC2. The van der Waals surface area contributed by atoms with Gasteiger partial charge in [-0.05, 0) is 56.9 Å². The number of hydrogen-bond donors (Lipinski definition) is 0. The van der Waals surface area contributed by atoms with Crippen LogP contribution in [0.4, 0.5) is 0 Å². The minimum absolute atomic E-state index is 0.230. The van der Waals surface area contributed by atoms with Crippen LogP contribution in [0.15, 0.2) is 48.7 Å². The summed E-state index contributed by atoms with van der Waals surface area (Å²) in [6.45, 7) is 5.72. The van der Waals surface area contributed by atoms with Crippen molar-refractivity contribution in [2.45, 2.75) is 39.2 Å². The van der Waals surface area contributed by atoms with E-state index in [1.807, 2.05) is 45.2 Å². The molecule has 3 heteroatoms. The maximum Gasteiger partial charge on any atom is 0.341 e. The largest absolute Gasteiger partial charge is 0.456 e. The molecule has 0 unspecified atom stereocenters. The van der Waals surface area contributed by atoms with Crippen LogP contribution in [-0.4, -0.2) is 16.0 Å². The van der Waals surface area contributed by atoms with Gasteiger partial charge in [0, 0.05) is 11.8 Å². The molecule has 3 nitrogen and oxygen atoms in total. The lowest BCUT2D eigenvalue weighted by Crippen LogP contribution is -2.24. The van der Waals surface area contributed by atoms with Crippen molar-refractivity contribution in [3.05, 3.63) is 65.4 Å². The first kappa shape index (κ1) is 15.0. The Hall–Kier alpha value is -2.55. The highest BCUT2D eigenvalue weighted by Gasteiger charge is 2.30. The second-order valence-electron chi connectivity index (χ2n) is 7.32. The van der Waals surface area contributed by atoms with Crippen molar-refractivity contribution >= 4 is 11.5 Å². The summed E-state index contributed by atoms with van der Waals surface area (Å²) in [5, 5.41) is 0. The number of carbonyl (C=O) groups excluding carboxylic acids is 1. The molecule has 0 aliphatic heterocycles. The van der Waals surface area contributed by atoms with Gasteiger partial charge in [-0.2, -0.15) is 0 Å². The van der Waals surface area contributed by atoms with E-state index in [1.54, 1.807) is 0 Å². The highest BCUT2D eigenvalue weighted by Crippen LogP contribution is 2.39. The van der Waals surface area contributed by atoms with Crippen LogP contribution in [0.1, 0.15) is 42.3 Å². The van der Waals surface area contributed by atoms with Gasteiger partial charge in [-0.3, -0.25) is 0 Å². The van der Waals surface area contributed by atoms with E-state index >= 15 is 0 Å². The van der Waals surface area contributed by atoms with Gasteiger partial charge in [0.15, 0.2) is 0 Å². The fourth-order valence-corrected chi connectivity index (χ4v) is 3.58. The predicted octanol–water partition coefficient (Wildman–Crippen LogP) is 4.66. The Bertz CT molecular complexity index is 944. The highest BCUT2D eigenvalue weighted by molar-refractivity contribution is 6.02. The van der Waals surface area contributed by atoms with Crippen LogP contribution in [0.2, 0.25) is 0 Å². The van der Waals surface area contributed by atoms with Crippen LogP contribution in [0.5, 0.6) is 0 Å². The van der Waals surface area contributed by atoms with Gasteiger partial charge in [0.1, 0.15) is 5.60 Å². The van der Waals surface area contributed by atoms with Crippen molar-refractivity contribution in [3.63, 3.8) is 0 Å². The number of benzene rings is 1. The standard InChI is InChI=1S/C21H21NO2/c1-21(2,3)24-20(23)18-16-12-11-14-8-4-5-9-15(14)19(16)22-13-7-6-10-17(18)22/h4-10,13H,11-12H2,1-3H3. The number of pyridine rings is 1. The average Bonchev–Trinajstić information content (AvgIpc) is 2.88. The van der Waals surface area contributed by atoms with Gasteiger partial charge in [0.05, 0.1) is 16.8 Å². The van der Waals surface area contributed by atoms with E-state index in [0.29, 0.717) is 0 Å². The van der Waals surface area contributed by atoms with Crippen molar-refractivity contribution in [1.82, 2.24) is 4.40 Å². The normalized spacial score (nSPS) is 13.5. The summed E-state index contributed by atoms with van der Waals surface area (Å²) in [5.41, 5.74) is 5.93. The Kier molecular flexibility index (Phi) is 3.27. The molecule has 0 saturated carbocycles. The Morgan fingerprint density at radius 1 is 1.04 bits per heavy atom. The number of fused-ring (bicyclic) bond motifs is 5. The van der Waals surface area contributed by atoms with Crippen molar-refractivity contribution < 1.29 is 9.53 Å². The summed E-state index contributed by atoms with van der Waals surface area (Å²) < 4.78 is 7.82. The fourth-order valence-electron chi connectivity index (χ4n) is 3.58. The molecule has 122 valence electrons. The molecular formula is C21H21NO2. The Labute approximate surface area is 141 Å². The monoisotopic (exact) mass is 319 g/mol. The van der Waals surface area contributed by atoms with Gasteiger partial charge in [-0.1, -0.05) is 30.3 Å². The number of rotatable bonds is 1. The minimum atomic E-state index is -0.500. The molecule has 3 aromatic rings. The van der Waals surface area contributed by atoms with E-state index in [4.69, 9.17) is 4.74 Å². The molecular weight excluding hydrogens is 298 g/mol. The Balaban J connectivity index is 1.99. The summed E-state index contributed by atoms with van der Waals surface area (Å²) in [6.07, 6.45) is 3.85. The van der Waals surface area contributed by atoms with Gasteiger partial charge >= 0.3 is 5.97 Å². The smallest absolute Gasteiger partial charge is 0.341 e. The molecule has 2 aromatic heterocycles. The molecule has 0 fully saturated rings. The van der Waals surface area contributed by atoms with E-state index in [-0.39, 0.29) is 5.97 Å². The van der Waals surface area contributed by atoms with E-state index < -0.39 is 5.60 Å². The summed E-state index contributed by atoms with van der Waals surface area (Å²) in [6, 6.07) is 14.4. The van der Waals surface area contributed by atoms with E-state index in [0.717, 1.165) is 35.2 Å². The summed E-state index contributed by atoms with van der Waals surface area (Å²) in [5.74, 6) is -0.230. The lowest BCUT2D eigenvalue weighted by atomic mass is 9.88. The fraction of sp³-hybridized carbons (Fsp3) is 0.286. The maximum atomic E-state index is 12.9. The van der Waals surface area contributed by atoms with Crippen LogP contribution in [-0.2, 0) is 17.6 Å². The van der Waals surface area contributed by atoms with Gasteiger partial charge < -0.3 is 9.14 Å². The average molecular weight is 319 g/mol. The first-order chi connectivity index (χ1) is 11.5. The lowest BCUT2D eigenvalue weighted by molar-refractivity contribution is 0.00709. The van der Waals surface area contributed by atoms with E-state index in [9.17, 15) is 4.79 Å². The van der Waals surface area contributed by atoms with Gasteiger partial charge in [0.2, 0.25) is 0 Å². The van der Waals surface area contributed by atoms with Crippen LogP contribution in [0.3, 0.4) is 0 Å². The molecule has 1 aromatic carbocycles. The van der Waals surface area contributed by atoms with Crippen molar-refractivity contribution in [2.75, 3.05) is 0 Å². The number of nitrogens with zero attached hydrogens (tertiary/aromatic N) is 1. The highest BCUT2D eigenvalue weighted by atomic mass is 16.6. The lowest BCUT2D eigenvalue weighted by Gasteiger charge is -2.21. The third-order valence-electron chi connectivity index (χ3n) is 4.46. The Morgan fingerprint density at radius 2 is 1.79 bits per heavy atom. The first-order valence-electron chi connectivity index (χ1n) is 8.39. The predicted molar refractivity (Wildman–Crippen MR) is 95.4 cm³/mol. The number of ether oxygens (including phenoxy) is 1. The molecule has 2 heterocycles. The number of aryl methyl sites for hydroxylation is 1. The zero-order valence-corrected chi connectivity index (χ0v) is 14.3. The summed E-state index contributed by atoms with van der Waals surface area (Å²) in [4.78, 5) is 12.9. The molecule has 1 aliphatic rings. The second-order valence-corrected chi connectivity index (χ2v) is 7.32. The minimum Gasteiger partial charge on any atom is -0.456 e. The van der Waals surface area contributed by atoms with Crippen molar-refractivity contribution in [2.24, 2.45) is 0 Å². The van der Waals surface area contributed by atoms with Crippen LogP contribution < -0.4 is 0 Å². The molecule has 0 amide bonds. The Morgan fingerprint density at radius 3 is 2.58 bits per heavy atom. The maximum absolute atomic E-state index is 12.9. The molecule has 0 N–H and O–H groups in total. The van der Waals surface area contributed by atoms with E-state index in [2.05, 4.69) is 28.7 Å². The number of esters is 1. The zero-order valence-electron chi connectivity index (χ0n) is 14.3. The van der Waals surface area contributed by atoms with Crippen LogP contribution in [0.25, 0.3) is 16.8 Å². The quantitative estimate of drug-likeness (QED) is 0.611. The van der Waals surface area contributed by atoms with Crippen molar-refractivity contribution in [1.29, 1.82) is 0 Å². The topological polar surface area (TPSA) is 30.7 Å². The molecule has 0 saturated heterocycles. The molecule has 0 radical (unpaired) electrons. The molecule has 0 bridgehead atoms. The molecule has 24 heavy (non-hydrogen) atoms. The number of hydrogen-bond acceptors (Lipinski definition) is 2. The third kappa shape index (κ3) is 2.32. The van der Waals surface area contributed by atoms with Gasteiger partial charge in [-0.15, -0.1) is 0 Å². The zero-order chi connectivity index (χ0) is 16.9. The van der Waals surface area contributed by atoms with Crippen molar-refractivity contribution in [3.8, 4) is 11.3 Å². The number of carbonyl (C=O) groups is 1. The summed E-state index contributed by atoms with van der Waals surface area (Å²) >= 11 is 0. The second kappa shape index (κ2) is 5.23. The number of aromatic nitrogens is 1.